The fourth-order valence-electron chi connectivity index (χ4n) is 4.89. The molecule has 1 aromatic heterocycles. The Morgan fingerprint density at radius 1 is 1.43 bits per heavy atom. The Kier molecular flexibility index (Phi) is 3.45. The normalized spacial score (nSPS) is 35.9. The number of Topliss-reactive ketones (excluding diaryl/α,β-unsaturated/α-hetero) is 1. The number of thiophene rings is 1. The molecule has 2 saturated carbocycles. The summed E-state index contributed by atoms with van der Waals surface area (Å²) in [7, 11) is 0. The van der Waals surface area contributed by atoms with Crippen molar-refractivity contribution in [2.45, 2.75) is 39.5 Å². The lowest BCUT2D eigenvalue weighted by Crippen LogP contribution is -2.45. The zero-order chi connectivity index (χ0) is 16.2. The highest BCUT2D eigenvalue weighted by molar-refractivity contribution is 7.08. The number of carbonyl (C=O) groups is 2. The second-order valence-electron chi connectivity index (χ2n) is 7.47. The fourth-order valence-corrected chi connectivity index (χ4v) is 5.55. The minimum Gasteiger partial charge on any atom is -0.292 e. The van der Waals surface area contributed by atoms with Crippen molar-refractivity contribution in [3.8, 4) is 0 Å². The molecule has 3 aliphatic rings. The van der Waals surface area contributed by atoms with Crippen LogP contribution in [0.25, 0.3) is 0 Å². The van der Waals surface area contributed by atoms with E-state index in [0.717, 1.165) is 18.1 Å². The number of hydrogen-bond acceptors (Lipinski definition) is 4. The van der Waals surface area contributed by atoms with Crippen LogP contribution in [0.1, 0.15) is 49.9 Å². The number of rotatable bonds is 4. The maximum absolute atomic E-state index is 13.1. The number of hydrazone groups is 1. The van der Waals surface area contributed by atoms with Gasteiger partial charge in [-0.2, -0.15) is 16.4 Å². The summed E-state index contributed by atoms with van der Waals surface area (Å²) in [6, 6.07) is 1.80. The second-order valence-corrected chi connectivity index (χ2v) is 8.25. The first-order valence-corrected chi connectivity index (χ1v) is 9.37. The van der Waals surface area contributed by atoms with Gasteiger partial charge in [0.05, 0.1) is 11.1 Å². The van der Waals surface area contributed by atoms with Gasteiger partial charge in [0.2, 0.25) is 0 Å². The lowest BCUT2D eigenvalue weighted by atomic mass is 9.66. The number of carbonyl (C=O) groups excluding carboxylic acids is 2. The van der Waals surface area contributed by atoms with E-state index in [9.17, 15) is 9.59 Å². The van der Waals surface area contributed by atoms with Crippen molar-refractivity contribution in [3.63, 3.8) is 0 Å². The summed E-state index contributed by atoms with van der Waals surface area (Å²) >= 11 is 1.50. The van der Waals surface area contributed by atoms with Gasteiger partial charge in [0.15, 0.2) is 5.78 Å². The summed E-state index contributed by atoms with van der Waals surface area (Å²) < 4.78 is 0. The largest absolute Gasteiger partial charge is 0.292 e. The van der Waals surface area contributed by atoms with Gasteiger partial charge in [-0.15, -0.1) is 0 Å². The number of hydrogen-bond donors (Lipinski definition) is 0. The van der Waals surface area contributed by atoms with Gasteiger partial charge in [0.1, 0.15) is 6.54 Å². The maximum atomic E-state index is 13.1. The third-order valence-electron chi connectivity index (χ3n) is 6.32. The molecule has 4 unspecified atom stereocenters. The predicted molar refractivity (Wildman–Crippen MR) is 90.5 cm³/mol. The highest BCUT2D eigenvalue weighted by Crippen LogP contribution is 2.56. The quantitative estimate of drug-likeness (QED) is 0.792. The van der Waals surface area contributed by atoms with E-state index >= 15 is 0 Å². The van der Waals surface area contributed by atoms with Crippen LogP contribution in [0.5, 0.6) is 0 Å². The fraction of sp³-hybridized carbons (Fsp3) is 0.611. The van der Waals surface area contributed by atoms with Crippen molar-refractivity contribution in [1.29, 1.82) is 0 Å². The first-order valence-electron chi connectivity index (χ1n) is 8.43. The molecule has 0 radical (unpaired) electrons. The van der Waals surface area contributed by atoms with Crippen LogP contribution in [0, 0.1) is 23.2 Å². The van der Waals surface area contributed by atoms with Crippen LogP contribution < -0.4 is 0 Å². The Morgan fingerprint density at radius 3 is 2.87 bits per heavy atom. The molecule has 4 nitrogen and oxygen atoms in total. The molecule has 0 spiro atoms. The first-order chi connectivity index (χ1) is 11.0. The Balaban J connectivity index is 1.54. The van der Waals surface area contributed by atoms with E-state index in [1.165, 1.54) is 35.6 Å². The van der Waals surface area contributed by atoms with Crippen LogP contribution in [-0.4, -0.2) is 29.0 Å². The molecule has 4 atom stereocenters. The van der Waals surface area contributed by atoms with Crippen molar-refractivity contribution in [3.05, 3.63) is 22.4 Å². The molecule has 2 fully saturated rings. The Hall–Kier alpha value is -1.49. The molecular weight excluding hydrogens is 308 g/mol. The molecular formula is C18H22N2O2S. The Labute approximate surface area is 140 Å². The summed E-state index contributed by atoms with van der Waals surface area (Å²) in [6.07, 6.45) is 4.99. The smallest absolute Gasteiger partial charge is 0.255 e. The van der Waals surface area contributed by atoms with Gasteiger partial charge in [-0.3, -0.25) is 9.59 Å². The van der Waals surface area contributed by atoms with Crippen LogP contribution in [0.15, 0.2) is 21.9 Å². The Morgan fingerprint density at radius 2 is 2.26 bits per heavy atom. The summed E-state index contributed by atoms with van der Waals surface area (Å²) in [4.78, 5) is 25.4. The van der Waals surface area contributed by atoms with Gasteiger partial charge >= 0.3 is 0 Å². The van der Waals surface area contributed by atoms with Gasteiger partial charge in [-0.1, -0.05) is 6.42 Å². The summed E-state index contributed by atoms with van der Waals surface area (Å²) in [6.45, 7) is 4.07. The third kappa shape index (κ3) is 2.20. The van der Waals surface area contributed by atoms with E-state index in [4.69, 9.17) is 0 Å². The third-order valence-corrected chi connectivity index (χ3v) is 7.00. The lowest BCUT2D eigenvalue weighted by molar-refractivity contribution is -0.138. The number of nitrogens with zero attached hydrogens (tertiary/aromatic N) is 2. The minimum atomic E-state index is -0.505. The SMILES string of the molecule is CC1=NN(CC(=O)c2ccsc2)C(=O)C1(C)C1CC2CCC1C2. The average Bonchev–Trinajstić information content (AvgIpc) is 3.30. The van der Waals surface area contributed by atoms with Crippen LogP contribution in [-0.2, 0) is 4.79 Å². The molecule has 0 aromatic carbocycles. The minimum absolute atomic E-state index is 0.0242. The van der Waals surface area contributed by atoms with Crippen LogP contribution >= 0.6 is 11.3 Å². The molecule has 1 aromatic rings. The molecule has 23 heavy (non-hydrogen) atoms. The van der Waals surface area contributed by atoms with Crippen molar-refractivity contribution < 1.29 is 9.59 Å². The van der Waals surface area contributed by atoms with Gasteiger partial charge in [0, 0.05) is 10.9 Å². The highest BCUT2D eigenvalue weighted by atomic mass is 32.1. The standard InChI is InChI=1S/C18H22N2O2S/c1-11-18(2,15-8-12-3-4-13(15)7-12)17(22)20(19-11)9-16(21)14-5-6-23-10-14/h5-6,10,12-13,15H,3-4,7-9H2,1-2H3. The van der Waals surface area contributed by atoms with Crippen molar-refractivity contribution in [2.75, 3.05) is 6.54 Å². The van der Waals surface area contributed by atoms with E-state index in [1.807, 2.05) is 17.7 Å². The van der Waals surface area contributed by atoms with Gasteiger partial charge in [-0.05, 0) is 62.3 Å². The number of fused-ring (bicyclic) bond motifs is 2. The summed E-state index contributed by atoms with van der Waals surface area (Å²) in [5.41, 5.74) is 1.05. The summed E-state index contributed by atoms with van der Waals surface area (Å²) in [5.74, 6) is 1.85. The monoisotopic (exact) mass is 330 g/mol. The van der Waals surface area contributed by atoms with E-state index in [1.54, 1.807) is 6.07 Å². The Bertz CT molecular complexity index is 681. The molecule has 2 bridgehead atoms. The van der Waals surface area contributed by atoms with Gasteiger partial charge in [0.25, 0.3) is 5.91 Å². The summed E-state index contributed by atoms with van der Waals surface area (Å²) in [5, 5.41) is 9.61. The van der Waals surface area contributed by atoms with Crippen molar-refractivity contribution in [2.24, 2.45) is 28.3 Å². The highest BCUT2D eigenvalue weighted by Gasteiger charge is 2.57. The predicted octanol–water partition coefficient (Wildman–Crippen LogP) is 3.59. The van der Waals surface area contributed by atoms with E-state index in [2.05, 4.69) is 12.0 Å². The average molecular weight is 330 g/mol. The molecule has 4 rings (SSSR count). The second kappa shape index (κ2) is 5.26. The van der Waals surface area contributed by atoms with E-state index < -0.39 is 5.41 Å². The van der Waals surface area contributed by atoms with Crippen LogP contribution in [0.2, 0.25) is 0 Å². The van der Waals surface area contributed by atoms with Crippen LogP contribution in [0.3, 0.4) is 0 Å². The van der Waals surface area contributed by atoms with Gasteiger partial charge < -0.3 is 0 Å². The van der Waals surface area contributed by atoms with Crippen LogP contribution in [0.4, 0.5) is 0 Å². The molecule has 0 N–H and O–H groups in total. The van der Waals surface area contributed by atoms with Crippen molar-refractivity contribution in [1.82, 2.24) is 5.01 Å². The number of amides is 1. The van der Waals surface area contributed by atoms with Crippen molar-refractivity contribution >= 4 is 28.7 Å². The number of ketones is 1. The molecule has 2 heterocycles. The maximum Gasteiger partial charge on any atom is 0.255 e. The lowest BCUT2D eigenvalue weighted by Gasteiger charge is -2.35. The first kappa shape index (κ1) is 15.1. The zero-order valence-corrected chi connectivity index (χ0v) is 14.4. The topological polar surface area (TPSA) is 49.7 Å². The molecule has 2 aliphatic carbocycles. The molecule has 1 aliphatic heterocycles. The van der Waals surface area contributed by atoms with E-state index in [-0.39, 0.29) is 18.2 Å². The molecule has 5 heteroatoms. The molecule has 0 saturated heterocycles. The van der Waals surface area contributed by atoms with Gasteiger partial charge in [-0.25, -0.2) is 5.01 Å². The molecule has 1 amide bonds. The zero-order valence-electron chi connectivity index (χ0n) is 13.6. The van der Waals surface area contributed by atoms with E-state index in [0.29, 0.717) is 17.4 Å². The molecule has 122 valence electrons.